The van der Waals surface area contributed by atoms with Crippen LogP contribution in [-0.2, 0) is 24.8 Å². The van der Waals surface area contributed by atoms with E-state index >= 15 is 0 Å². The molecule has 136 valence electrons. The van der Waals surface area contributed by atoms with Crippen molar-refractivity contribution in [2.45, 2.75) is 33.0 Å². The van der Waals surface area contributed by atoms with Gasteiger partial charge in [-0.15, -0.1) is 0 Å². The first-order valence-electron chi connectivity index (χ1n) is 7.70. The summed E-state index contributed by atoms with van der Waals surface area (Å²) in [7, 11) is 1.82. The number of ether oxygens (including phenoxy) is 1. The van der Waals surface area contributed by atoms with E-state index in [0.717, 1.165) is 17.0 Å². The Bertz CT molecular complexity index is 754. The Morgan fingerprint density at radius 2 is 2.04 bits per heavy atom. The average Bonchev–Trinajstić information content (AvgIpc) is 2.77. The van der Waals surface area contributed by atoms with Crippen molar-refractivity contribution in [3.63, 3.8) is 0 Å². The lowest BCUT2D eigenvalue weighted by atomic mass is 10.1. The van der Waals surface area contributed by atoms with Gasteiger partial charge in [-0.2, -0.15) is 18.3 Å². The second-order valence-electron chi connectivity index (χ2n) is 5.78. The quantitative estimate of drug-likeness (QED) is 0.867. The Morgan fingerprint density at radius 1 is 1.32 bits per heavy atom. The van der Waals surface area contributed by atoms with Crippen molar-refractivity contribution in [1.82, 2.24) is 15.1 Å². The number of aryl methyl sites for hydroxylation is 2. The lowest BCUT2D eigenvalue weighted by Gasteiger charge is -2.11. The van der Waals surface area contributed by atoms with Gasteiger partial charge >= 0.3 is 6.18 Å². The number of nitrogens with zero attached hydrogens (tertiary/aromatic N) is 2. The fourth-order valence-electron chi connectivity index (χ4n) is 2.41. The molecule has 0 aliphatic heterocycles. The molecule has 0 atom stereocenters. The van der Waals surface area contributed by atoms with Gasteiger partial charge in [0.25, 0.3) is 0 Å². The fraction of sp³-hybridized carbons (Fsp3) is 0.412. The summed E-state index contributed by atoms with van der Waals surface area (Å²) < 4.78 is 43.0. The standard InChI is InChI=1S/C17H20F3N3O2/c1-11-15(12(2)23(3)22-11)8-16(24)21-9-13-5-4-6-14(7-13)25-10-17(18,19)20/h4-7H,8-10H2,1-3H3,(H,21,24). The van der Waals surface area contributed by atoms with Crippen LogP contribution in [0.4, 0.5) is 13.2 Å². The van der Waals surface area contributed by atoms with E-state index in [1.54, 1.807) is 16.8 Å². The lowest BCUT2D eigenvalue weighted by Crippen LogP contribution is -2.25. The molecule has 1 aromatic carbocycles. The highest BCUT2D eigenvalue weighted by atomic mass is 19.4. The van der Waals surface area contributed by atoms with Gasteiger partial charge in [0.2, 0.25) is 5.91 Å². The monoisotopic (exact) mass is 355 g/mol. The molecule has 25 heavy (non-hydrogen) atoms. The molecule has 5 nitrogen and oxygen atoms in total. The molecule has 0 aliphatic rings. The minimum Gasteiger partial charge on any atom is -0.484 e. The van der Waals surface area contributed by atoms with Gasteiger partial charge in [-0.25, -0.2) is 0 Å². The van der Waals surface area contributed by atoms with Gasteiger partial charge in [-0.3, -0.25) is 9.48 Å². The van der Waals surface area contributed by atoms with Crippen LogP contribution >= 0.6 is 0 Å². The molecule has 8 heteroatoms. The van der Waals surface area contributed by atoms with Crippen LogP contribution < -0.4 is 10.1 Å². The lowest BCUT2D eigenvalue weighted by molar-refractivity contribution is -0.153. The molecule has 0 aliphatic carbocycles. The second-order valence-corrected chi connectivity index (χ2v) is 5.78. The number of rotatable bonds is 6. The second kappa shape index (κ2) is 7.58. The molecular weight excluding hydrogens is 335 g/mol. The number of alkyl halides is 3. The number of nitrogens with one attached hydrogen (secondary N) is 1. The third-order valence-corrected chi connectivity index (χ3v) is 3.79. The van der Waals surface area contributed by atoms with Crippen molar-refractivity contribution in [2.24, 2.45) is 7.05 Å². The number of halogens is 3. The van der Waals surface area contributed by atoms with Crippen LogP contribution in [0.2, 0.25) is 0 Å². The topological polar surface area (TPSA) is 56.2 Å². The van der Waals surface area contributed by atoms with Crippen LogP contribution in [0.1, 0.15) is 22.5 Å². The molecule has 0 unspecified atom stereocenters. The van der Waals surface area contributed by atoms with Gasteiger partial charge < -0.3 is 10.1 Å². The Morgan fingerprint density at radius 3 is 2.64 bits per heavy atom. The summed E-state index contributed by atoms with van der Waals surface area (Å²) in [6.45, 7) is 2.60. The zero-order valence-corrected chi connectivity index (χ0v) is 14.3. The van der Waals surface area contributed by atoms with E-state index in [0.29, 0.717) is 5.56 Å². The third-order valence-electron chi connectivity index (χ3n) is 3.79. The number of carbonyl (C=O) groups excluding carboxylic acids is 1. The summed E-state index contributed by atoms with van der Waals surface area (Å²) in [4.78, 5) is 12.1. The Kier molecular flexibility index (Phi) is 5.71. The molecule has 1 N–H and O–H groups in total. The van der Waals surface area contributed by atoms with Crippen molar-refractivity contribution in [3.05, 3.63) is 46.8 Å². The van der Waals surface area contributed by atoms with Crippen LogP contribution in [0.5, 0.6) is 5.75 Å². The predicted octanol–water partition coefficient (Wildman–Crippen LogP) is 2.84. The molecule has 0 saturated carbocycles. The Labute approximate surface area is 143 Å². The predicted molar refractivity (Wildman–Crippen MR) is 86.2 cm³/mol. The number of hydrogen-bond acceptors (Lipinski definition) is 3. The van der Waals surface area contributed by atoms with E-state index in [1.165, 1.54) is 12.1 Å². The number of hydrogen-bond donors (Lipinski definition) is 1. The SMILES string of the molecule is Cc1nn(C)c(C)c1CC(=O)NCc1cccc(OCC(F)(F)F)c1. The number of amides is 1. The first-order valence-corrected chi connectivity index (χ1v) is 7.70. The van der Waals surface area contributed by atoms with Gasteiger partial charge in [0.15, 0.2) is 6.61 Å². The van der Waals surface area contributed by atoms with Crippen molar-refractivity contribution in [3.8, 4) is 5.75 Å². The van der Waals surface area contributed by atoms with Crippen molar-refractivity contribution in [2.75, 3.05) is 6.61 Å². The summed E-state index contributed by atoms with van der Waals surface area (Å²) in [5.41, 5.74) is 3.27. The highest BCUT2D eigenvalue weighted by molar-refractivity contribution is 5.79. The molecular formula is C17H20F3N3O2. The van der Waals surface area contributed by atoms with Gasteiger partial charge in [0.1, 0.15) is 5.75 Å². The maximum Gasteiger partial charge on any atom is 0.422 e. The maximum absolute atomic E-state index is 12.2. The molecule has 0 bridgehead atoms. The van der Waals surface area contributed by atoms with E-state index in [-0.39, 0.29) is 24.6 Å². The van der Waals surface area contributed by atoms with E-state index in [4.69, 9.17) is 4.74 Å². The summed E-state index contributed by atoms with van der Waals surface area (Å²) in [6.07, 6.45) is -4.18. The minimum atomic E-state index is -4.39. The van der Waals surface area contributed by atoms with Crippen LogP contribution in [0.25, 0.3) is 0 Å². The van der Waals surface area contributed by atoms with E-state index in [9.17, 15) is 18.0 Å². The molecule has 0 spiro atoms. The zero-order chi connectivity index (χ0) is 18.6. The van der Waals surface area contributed by atoms with Gasteiger partial charge in [0.05, 0.1) is 12.1 Å². The van der Waals surface area contributed by atoms with Crippen LogP contribution in [0.15, 0.2) is 24.3 Å². The molecule has 1 amide bonds. The number of carbonyl (C=O) groups is 1. The first-order chi connectivity index (χ1) is 11.7. The maximum atomic E-state index is 12.2. The van der Waals surface area contributed by atoms with E-state index in [2.05, 4.69) is 10.4 Å². The fourth-order valence-corrected chi connectivity index (χ4v) is 2.41. The van der Waals surface area contributed by atoms with Crippen LogP contribution in [0, 0.1) is 13.8 Å². The number of aromatic nitrogens is 2. The first kappa shape index (κ1) is 18.8. The zero-order valence-electron chi connectivity index (χ0n) is 14.3. The molecule has 2 aromatic rings. The summed E-state index contributed by atoms with van der Waals surface area (Å²) in [5, 5.41) is 7.02. The van der Waals surface area contributed by atoms with E-state index in [1.807, 2.05) is 20.9 Å². The average molecular weight is 355 g/mol. The third kappa shape index (κ3) is 5.51. The normalized spacial score (nSPS) is 11.4. The van der Waals surface area contributed by atoms with E-state index < -0.39 is 12.8 Å². The van der Waals surface area contributed by atoms with Crippen molar-refractivity contribution in [1.29, 1.82) is 0 Å². The van der Waals surface area contributed by atoms with Crippen LogP contribution in [-0.4, -0.2) is 28.5 Å². The molecule has 0 fully saturated rings. The summed E-state index contributed by atoms with van der Waals surface area (Å²) >= 11 is 0. The molecule has 1 aromatic heterocycles. The molecule has 2 rings (SSSR count). The van der Waals surface area contributed by atoms with Crippen LogP contribution in [0.3, 0.4) is 0 Å². The summed E-state index contributed by atoms with van der Waals surface area (Å²) in [5.74, 6) is -0.0659. The smallest absolute Gasteiger partial charge is 0.422 e. The molecule has 1 heterocycles. The highest BCUT2D eigenvalue weighted by Crippen LogP contribution is 2.19. The molecule has 0 radical (unpaired) electrons. The van der Waals surface area contributed by atoms with Crippen molar-refractivity contribution >= 4 is 5.91 Å². The summed E-state index contributed by atoms with van der Waals surface area (Å²) in [6, 6.07) is 6.22. The van der Waals surface area contributed by atoms with Gasteiger partial charge in [-0.05, 0) is 31.5 Å². The number of benzene rings is 1. The Balaban J connectivity index is 1.91. The molecule has 0 saturated heterocycles. The highest BCUT2D eigenvalue weighted by Gasteiger charge is 2.28. The van der Waals surface area contributed by atoms with Crippen molar-refractivity contribution < 1.29 is 22.7 Å². The minimum absolute atomic E-state index is 0.114. The largest absolute Gasteiger partial charge is 0.484 e. The van der Waals surface area contributed by atoms with Gasteiger partial charge in [0, 0.05) is 24.8 Å². The van der Waals surface area contributed by atoms with Gasteiger partial charge in [-0.1, -0.05) is 12.1 Å². The Hall–Kier alpha value is -2.51.